The Labute approximate surface area is 150 Å². The standard InChI is InChI=1S/C17H27N3O2S2/c1-13-9-14(2)11-15(10-13)18-17(23)20(7-6-19(3)4)16-5-8-24(21,22)12-16/h9-11,16H,5-8,12H2,1-4H3,(H,18,23)/p+1/t16-/m1/s1. The molecule has 0 radical (unpaired) electrons. The van der Waals surface area contributed by atoms with Crippen LogP contribution in [0.15, 0.2) is 18.2 Å². The van der Waals surface area contributed by atoms with Crippen molar-refractivity contribution < 1.29 is 13.3 Å². The topological polar surface area (TPSA) is 53.9 Å². The first-order chi connectivity index (χ1) is 11.2. The number of rotatable bonds is 5. The lowest BCUT2D eigenvalue weighted by Gasteiger charge is -2.31. The van der Waals surface area contributed by atoms with Gasteiger partial charge in [0.25, 0.3) is 0 Å². The molecule has 1 heterocycles. The Balaban J connectivity index is 2.14. The zero-order chi connectivity index (χ0) is 17.9. The minimum Gasteiger partial charge on any atom is -0.339 e. The molecule has 1 aromatic rings. The van der Waals surface area contributed by atoms with E-state index in [1.165, 1.54) is 16.0 Å². The minimum absolute atomic E-state index is 0.0275. The fourth-order valence-corrected chi connectivity index (χ4v) is 5.15. The molecular formula is C17H28N3O2S2+. The second-order valence-corrected chi connectivity index (χ2v) is 9.63. The molecule has 5 nitrogen and oxygen atoms in total. The summed E-state index contributed by atoms with van der Waals surface area (Å²) in [5, 5.41) is 3.92. The van der Waals surface area contributed by atoms with Crippen molar-refractivity contribution in [1.29, 1.82) is 0 Å². The van der Waals surface area contributed by atoms with Crippen LogP contribution in [0.4, 0.5) is 5.69 Å². The van der Waals surface area contributed by atoms with Crippen LogP contribution in [0.3, 0.4) is 0 Å². The van der Waals surface area contributed by atoms with Crippen molar-refractivity contribution in [3.8, 4) is 0 Å². The van der Waals surface area contributed by atoms with Crippen LogP contribution in [0.25, 0.3) is 0 Å². The van der Waals surface area contributed by atoms with E-state index in [9.17, 15) is 8.42 Å². The number of nitrogens with one attached hydrogen (secondary N) is 2. The van der Waals surface area contributed by atoms with Gasteiger partial charge in [0.15, 0.2) is 14.9 Å². The van der Waals surface area contributed by atoms with Gasteiger partial charge in [-0.05, 0) is 55.7 Å². The molecule has 2 N–H and O–H groups in total. The Bertz CT molecular complexity index is 682. The number of nitrogens with zero attached hydrogens (tertiary/aromatic N) is 1. The highest BCUT2D eigenvalue weighted by molar-refractivity contribution is 7.91. The van der Waals surface area contributed by atoms with Gasteiger partial charge < -0.3 is 15.1 Å². The molecule has 1 atom stereocenters. The van der Waals surface area contributed by atoms with Crippen molar-refractivity contribution in [2.75, 3.05) is 44.0 Å². The first-order valence-corrected chi connectivity index (χ1v) is 10.5. The Kier molecular flexibility index (Phi) is 6.22. The molecular weight excluding hydrogens is 342 g/mol. The van der Waals surface area contributed by atoms with Gasteiger partial charge in [0.2, 0.25) is 0 Å². The molecule has 0 aromatic heterocycles. The maximum absolute atomic E-state index is 11.9. The molecule has 134 valence electrons. The van der Waals surface area contributed by atoms with Crippen molar-refractivity contribution in [3.05, 3.63) is 29.3 Å². The summed E-state index contributed by atoms with van der Waals surface area (Å²) in [6.07, 6.45) is 0.653. The van der Waals surface area contributed by atoms with Gasteiger partial charge in [-0.2, -0.15) is 0 Å². The lowest BCUT2D eigenvalue weighted by Crippen LogP contribution is -3.06. The number of quaternary nitrogens is 1. The van der Waals surface area contributed by atoms with Gasteiger partial charge in [0.05, 0.1) is 38.7 Å². The third kappa shape index (κ3) is 5.43. The summed E-state index contributed by atoms with van der Waals surface area (Å²) in [6.45, 7) is 5.76. The second kappa shape index (κ2) is 7.80. The van der Waals surface area contributed by atoms with Gasteiger partial charge >= 0.3 is 0 Å². The van der Waals surface area contributed by atoms with Gasteiger partial charge in [0, 0.05) is 11.7 Å². The van der Waals surface area contributed by atoms with E-state index in [0.29, 0.717) is 11.5 Å². The molecule has 0 spiro atoms. The van der Waals surface area contributed by atoms with Crippen LogP contribution in [0.1, 0.15) is 17.5 Å². The van der Waals surface area contributed by atoms with E-state index in [0.717, 1.165) is 18.8 Å². The lowest BCUT2D eigenvalue weighted by atomic mass is 10.1. The summed E-state index contributed by atoms with van der Waals surface area (Å²) in [7, 11) is 1.24. The number of sulfone groups is 1. The van der Waals surface area contributed by atoms with Crippen LogP contribution < -0.4 is 10.2 Å². The van der Waals surface area contributed by atoms with Gasteiger partial charge in [-0.1, -0.05) is 6.07 Å². The predicted octanol–water partition coefficient (Wildman–Crippen LogP) is 0.634. The third-order valence-corrected chi connectivity index (χ3v) is 6.32. The lowest BCUT2D eigenvalue weighted by molar-refractivity contribution is -0.857. The summed E-state index contributed by atoms with van der Waals surface area (Å²) in [4.78, 5) is 3.37. The maximum atomic E-state index is 11.9. The van der Waals surface area contributed by atoms with Crippen LogP contribution in [0.2, 0.25) is 0 Å². The Morgan fingerprint density at radius 2 is 1.92 bits per heavy atom. The smallest absolute Gasteiger partial charge is 0.173 e. The predicted molar refractivity (Wildman–Crippen MR) is 104 cm³/mol. The van der Waals surface area contributed by atoms with Crippen molar-refractivity contribution in [2.45, 2.75) is 26.3 Å². The van der Waals surface area contributed by atoms with E-state index in [4.69, 9.17) is 12.2 Å². The number of anilines is 1. The Morgan fingerprint density at radius 3 is 2.42 bits per heavy atom. The molecule has 1 fully saturated rings. The average Bonchev–Trinajstić information content (AvgIpc) is 2.77. The fraction of sp³-hybridized carbons (Fsp3) is 0.588. The van der Waals surface area contributed by atoms with Gasteiger partial charge in [-0.3, -0.25) is 0 Å². The highest BCUT2D eigenvalue weighted by Crippen LogP contribution is 2.20. The number of benzene rings is 1. The highest BCUT2D eigenvalue weighted by Gasteiger charge is 2.33. The normalized spacial score (nSPS) is 19.5. The highest BCUT2D eigenvalue weighted by atomic mass is 32.2. The van der Waals surface area contributed by atoms with Crippen molar-refractivity contribution >= 4 is 32.9 Å². The largest absolute Gasteiger partial charge is 0.339 e. The van der Waals surface area contributed by atoms with E-state index < -0.39 is 9.84 Å². The molecule has 0 saturated carbocycles. The molecule has 7 heteroatoms. The molecule has 0 bridgehead atoms. The molecule has 1 aromatic carbocycles. The van der Waals surface area contributed by atoms with Gasteiger partial charge in [-0.15, -0.1) is 0 Å². The molecule has 0 amide bonds. The molecule has 1 saturated heterocycles. The first-order valence-electron chi connectivity index (χ1n) is 8.31. The van der Waals surface area contributed by atoms with Crippen molar-refractivity contribution in [3.63, 3.8) is 0 Å². The number of hydrogen-bond donors (Lipinski definition) is 2. The average molecular weight is 371 g/mol. The molecule has 24 heavy (non-hydrogen) atoms. The van der Waals surface area contributed by atoms with E-state index in [1.807, 2.05) is 0 Å². The number of aryl methyl sites for hydroxylation is 2. The van der Waals surface area contributed by atoms with Gasteiger partial charge in [-0.25, -0.2) is 8.42 Å². The summed E-state index contributed by atoms with van der Waals surface area (Å²) < 4.78 is 23.7. The Hall–Kier alpha value is -1.18. The molecule has 2 rings (SSSR count). The summed E-state index contributed by atoms with van der Waals surface area (Å²) >= 11 is 5.62. The van der Waals surface area contributed by atoms with Crippen LogP contribution in [0, 0.1) is 13.8 Å². The van der Waals surface area contributed by atoms with Crippen LogP contribution >= 0.6 is 12.2 Å². The quantitative estimate of drug-likeness (QED) is 0.745. The fourth-order valence-electron chi connectivity index (χ4n) is 3.06. The van der Waals surface area contributed by atoms with E-state index in [2.05, 4.69) is 56.4 Å². The number of thiocarbonyl (C=S) groups is 1. The van der Waals surface area contributed by atoms with E-state index in [-0.39, 0.29) is 17.5 Å². The zero-order valence-electron chi connectivity index (χ0n) is 14.9. The van der Waals surface area contributed by atoms with E-state index >= 15 is 0 Å². The number of likely N-dealkylation sites (N-methyl/N-ethyl adjacent to an activating group) is 1. The second-order valence-electron chi connectivity index (χ2n) is 7.01. The van der Waals surface area contributed by atoms with Crippen molar-refractivity contribution in [1.82, 2.24) is 4.90 Å². The first kappa shape index (κ1) is 19.1. The number of hydrogen-bond acceptors (Lipinski definition) is 3. The van der Waals surface area contributed by atoms with E-state index in [1.54, 1.807) is 0 Å². The van der Waals surface area contributed by atoms with Gasteiger partial charge in [0.1, 0.15) is 0 Å². The SMILES string of the molecule is Cc1cc(C)cc(NC(=S)N(CC[NH+](C)C)[C@@H]2CCS(=O)(=O)C2)c1. The molecule has 1 aliphatic rings. The third-order valence-electron chi connectivity index (χ3n) is 4.24. The minimum atomic E-state index is -2.93. The summed E-state index contributed by atoms with van der Waals surface area (Å²) in [6, 6.07) is 6.20. The molecule has 0 aliphatic carbocycles. The van der Waals surface area contributed by atoms with Crippen molar-refractivity contribution in [2.24, 2.45) is 0 Å². The summed E-state index contributed by atoms with van der Waals surface area (Å²) in [5.74, 6) is 0.458. The monoisotopic (exact) mass is 370 g/mol. The summed E-state index contributed by atoms with van der Waals surface area (Å²) in [5.41, 5.74) is 3.31. The van der Waals surface area contributed by atoms with Crippen LogP contribution in [0.5, 0.6) is 0 Å². The molecule has 0 unspecified atom stereocenters. The van der Waals surface area contributed by atoms with Crippen LogP contribution in [-0.4, -0.2) is 63.2 Å². The maximum Gasteiger partial charge on any atom is 0.173 e. The zero-order valence-corrected chi connectivity index (χ0v) is 16.6. The Morgan fingerprint density at radius 1 is 1.29 bits per heavy atom. The van der Waals surface area contributed by atoms with Crippen LogP contribution in [-0.2, 0) is 9.84 Å². The molecule has 1 aliphatic heterocycles.